The first-order valence-corrected chi connectivity index (χ1v) is 9.30. The highest BCUT2D eigenvalue weighted by atomic mass is 16.5. The summed E-state index contributed by atoms with van der Waals surface area (Å²) in [5.74, 6) is 0.842. The molecule has 1 amide bonds. The molecule has 136 valence electrons. The molecule has 1 fully saturated rings. The van der Waals surface area contributed by atoms with Gasteiger partial charge in [0.15, 0.2) is 0 Å². The second-order valence-corrected chi connectivity index (χ2v) is 7.45. The van der Waals surface area contributed by atoms with Crippen LogP contribution in [0.2, 0.25) is 0 Å². The molecule has 26 heavy (non-hydrogen) atoms. The molecular weight excluding hydrogens is 326 g/mol. The van der Waals surface area contributed by atoms with E-state index in [1.165, 1.54) is 10.9 Å². The van der Waals surface area contributed by atoms with Crippen LogP contribution in [-0.2, 0) is 0 Å². The van der Waals surface area contributed by atoms with Crippen LogP contribution in [-0.4, -0.2) is 27.5 Å². The summed E-state index contributed by atoms with van der Waals surface area (Å²) in [6, 6.07) is 6.16. The van der Waals surface area contributed by atoms with Gasteiger partial charge in [0.05, 0.1) is 6.04 Å². The Morgan fingerprint density at radius 2 is 1.96 bits per heavy atom. The van der Waals surface area contributed by atoms with E-state index in [4.69, 9.17) is 4.52 Å². The fourth-order valence-corrected chi connectivity index (χ4v) is 4.18. The zero-order chi connectivity index (χ0) is 18.4. The Hall–Kier alpha value is -2.56. The van der Waals surface area contributed by atoms with Crippen LogP contribution in [0.1, 0.15) is 63.9 Å². The van der Waals surface area contributed by atoms with Gasteiger partial charge in [-0.25, -0.2) is 0 Å². The lowest BCUT2D eigenvalue weighted by Gasteiger charge is -2.34. The summed E-state index contributed by atoms with van der Waals surface area (Å²) in [4.78, 5) is 18.8. The van der Waals surface area contributed by atoms with Crippen molar-refractivity contribution < 1.29 is 9.32 Å². The van der Waals surface area contributed by atoms with Crippen LogP contribution in [0.3, 0.4) is 0 Å². The molecule has 1 atom stereocenters. The van der Waals surface area contributed by atoms with Crippen molar-refractivity contribution in [2.75, 3.05) is 6.54 Å². The van der Waals surface area contributed by atoms with Gasteiger partial charge in [-0.1, -0.05) is 17.3 Å². The molecular formula is C21H25N3O2. The van der Waals surface area contributed by atoms with Gasteiger partial charge in [0.25, 0.3) is 5.91 Å². The number of amides is 1. The highest BCUT2D eigenvalue weighted by Crippen LogP contribution is 2.34. The Morgan fingerprint density at radius 1 is 1.19 bits per heavy atom. The van der Waals surface area contributed by atoms with Crippen LogP contribution in [0.25, 0.3) is 10.9 Å². The number of aryl methyl sites for hydroxylation is 4. The molecule has 3 aromatic rings. The number of hydrogen-bond donors (Lipinski definition) is 1. The number of hydrogen-bond acceptors (Lipinski definition) is 3. The highest BCUT2D eigenvalue weighted by molar-refractivity contribution is 6.02. The average Bonchev–Trinajstić information content (AvgIpc) is 3.22. The molecule has 4 rings (SSSR count). The first-order valence-electron chi connectivity index (χ1n) is 9.30. The molecule has 1 N–H and O–H groups in total. The molecule has 0 saturated carbocycles. The molecule has 0 bridgehead atoms. The van der Waals surface area contributed by atoms with Crippen LogP contribution in [0.4, 0.5) is 0 Å². The molecule has 2 aromatic heterocycles. The van der Waals surface area contributed by atoms with Crippen molar-refractivity contribution in [1.82, 2.24) is 15.0 Å². The van der Waals surface area contributed by atoms with Gasteiger partial charge in [0.2, 0.25) is 0 Å². The monoisotopic (exact) mass is 351 g/mol. The lowest BCUT2D eigenvalue weighted by atomic mass is 9.98. The molecule has 0 radical (unpaired) electrons. The molecule has 0 spiro atoms. The fourth-order valence-electron chi connectivity index (χ4n) is 4.18. The van der Waals surface area contributed by atoms with Gasteiger partial charge in [0.1, 0.15) is 17.1 Å². The lowest BCUT2D eigenvalue weighted by molar-refractivity contribution is 0.0596. The third-order valence-electron chi connectivity index (χ3n) is 5.59. The van der Waals surface area contributed by atoms with Crippen molar-refractivity contribution in [3.05, 3.63) is 52.0 Å². The predicted octanol–water partition coefficient (Wildman–Crippen LogP) is 4.76. The minimum Gasteiger partial charge on any atom is -0.361 e. The first kappa shape index (κ1) is 16.9. The van der Waals surface area contributed by atoms with Gasteiger partial charge >= 0.3 is 0 Å². The summed E-state index contributed by atoms with van der Waals surface area (Å²) in [5.41, 5.74) is 6.01. The zero-order valence-electron chi connectivity index (χ0n) is 15.8. The number of benzene rings is 1. The van der Waals surface area contributed by atoms with Gasteiger partial charge in [0, 0.05) is 23.5 Å². The highest BCUT2D eigenvalue weighted by Gasteiger charge is 2.32. The number of rotatable bonds is 2. The van der Waals surface area contributed by atoms with E-state index >= 15 is 0 Å². The number of likely N-dealkylation sites (tertiary alicyclic amines) is 1. The van der Waals surface area contributed by atoms with Crippen molar-refractivity contribution in [3.8, 4) is 0 Å². The van der Waals surface area contributed by atoms with Gasteiger partial charge in [-0.15, -0.1) is 0 Å². The van der Waals surface area contributed by atoms with Crippen molar-refractivity contribution in [2.45, 2.75) is 53.0 Å². The topological polar surface area (TPSA) is 62.1 Å². The van der Waals surface area contributed by atoms with Crippen molar-refractivity contribution in [1.29, 1.82) is 0 Å². The summed E-state index contributed by atoms with van der Waals surface area (Å²) in [7, 11) is 0. The van der Waals surface area contributed by atoms with Gasteiger partial charge in [-0.3, -0.25) is 4.79 Å². The second-order valence-electron chi connectivity index (χ2n) is 7.45. The number of nitrogens with zero attached hydrogens (tertiary/aromatic N) is 2. The Bertz CT molecular complexity index is 983. The summed E-state index contributed by atoms with van der Waals surface area (Å²) in [5, 5.41) is 5.35. The average molecular weight is 351 g/mol. The number of piperidine rings is 1. The number of carbonyl (C=O) groups excluding carboxylic acids is 1. The van der Waals surface area contributed by atoms with E-state index in [0.717, 1.165) is 53.9 Å². The van der Waals surface area contributed by atoms with Crippen LogP contribution < -0.4 is 0 Å². The number of aromatic nitrogens is 2. The molecule has 0 unspecified atom stereocenters. The number of aromatic amines is 1. The van der Waals surface area contributed by atoms with Crippen LogP contribution in [0, 0.1) is 27.7 Å². The standard InChI is InChI=1S/C21H25N3O2/c1-12-8-9-13(2)19-18(12)15(4)20(22-19)21(25)24-10-6-5-7-17(24)16-11-14(3)26-23-16/h8-9,11,17,22H,5-7,10H2,1-4H3/t17-/m1/s1. The van der Waals surface area contributed by atoms with E-state index in [9.17, 15) is 4.79 Å². The largest absolute Gasteiger partial charge is 0.361 e. The fraction of sp³-hybridized carbons (Fsp3) is 0.429. The number of nitrogens with one attached hydrogen (secondary N) is 1. The maximum atomic E-state index is 13.4. The third-order valence-corrected chi connectivity index (χ3v) is 5.59. The maximum absolute atomic E-state index is 13.4. The minimum atomic E-state index is -0.0123. The van der Waals surface area contributed by atoms with Crippen molar-refractivity contribution in [2.24, 2.45) is 0 Å². The van der Waals surface area contributed by atoms with E-state index in [2.05, 4.69) is 36.1 Å². The maximum Gasteiger partial charge on any atom is 0.271 e. The molecule has 1 saturated heterocycles. The van der Waals surface area contributed by atoms with Crippen LogP contribution in [0.15, 0.2) is 22.7 Å². The molecule has 3 heterocycles. The molecule has 5 heteroatoms. The SMILES string of the molecule is Cc1cc([C@H]2CCCCN2C(=O)c2[nH]c3c(C)ccc(C)c3c2C)no1. The number of carbonyl (C=O) groups is 1. The Morgan fingerprint density at radius 3 is 2.65 bits per heavy atom. The third kappa shape index (κ3) is 2.62. The lowest BCUT2D eigenvalue weighted by Crippen LogP contribution is -2.39. The summed E-state index contributed by atoms with van der Waals surface area (Å²) >= 11 is 0. The van der Waals surface area contributed by atoms with Gasteiger partial charge in [-0.2, -0.15) is 0 Å². The summed E-state index contributed by atoms with van der Waals surface area (Å²) < 4.78 is 5.26. The number of fused-ring (bicyclic) bond motifs is 1. The molecule has 1 aromatic carbocycles. The summed E-state index contributed by atoms with van der Waals surface area (Å²) in [6.45, 7) is 8.85. The Labute approximate surface area is 153 Å². The minimum absolute atomic E-state index is 0.0123. The predicted molar refractivity (Wildman–Crippen MR) is 101 cm³/mol. The van der Waals surface area contributed by atoms with Gasteiger partial charge < -0.3 is 14.4 Å². The Kier molecular flexibility index (Phi) is 4.10. The van der Waals surface area contributed by atoms with E-state index in [0.29, 0.717) is 5.69 Å². The molecule has 1 aliphatic rings. The van der Waals surface area contributed by atoms with Crippen molar-refractivity contribution >= 4 is 16.8 Å². The second kappa shape index (κ2) is 6.31. The van der Waals surface area contributed by atoms with E-state index < -0.39 is 0 Å². The first-order chi connectivity index (χ1) is 12.5. The number of H-pyrrole nitrogens is 1. The quantitative estimate of drug-likeness (QED) is 0.724. The van der Waals surface area contributed by atoms with Gasteiger partial charge in [-0.05, 0) is 63.6 Å². The smallest absolute Gasteiger partial charge is 0.271 e. The Balaban J connectivity index is 1.76. The van der Waals surface area contributed by atoms with E-state index in [1.807, 2.05) is 24.8 Å². The van der Waals surface area contributed by atoms with Crippen LogP contribution in [0.5, 0.6) is 0 Å². The van der Waals surface area contributed by atoms with E-state index in [1.54, 1.807) is 0 Å². The molecule has 5 nitrogen and oxygen atoms in total. The zero-order valence-corrected chi connectivity index (χ0v) is 15.8. The van der Waals surface area contributed by atoms with E-state index in [-0.39, 0.29) is 11.9 Å². The molecule has 1 aliphatic heterocycles. The summed E-state index contributed by atoms with van der Waals surface area (Å²) in [6.07, 6.45) is 3.05. The molecule has 0 aliphatic carbocycles. The normalized spacial score (nSPS) is 17.8. The van der Waals surface area contributed by atoms with Crippen LogP contribution >= 0.6 is 0 Å². The van der Waals surface area contributed by atoms with Crippen molar-refractivity contribution in [3.63, 3.8) is 0 Å².